The maximum Gasteiger partial charge on any atom is 0.221 e. The van der Waals surface area contributed by atoms with E-state index in [1.165, 1.54) is 29.5 Å². The van der Waals surface area contributed by atoms with Crippen LogP contribution < -0.4 is 15.5 Å². The van der Waals surface area contributed by atoms with Crippen LogP contribution in [0.25, 0.3) is 10.9 Å². The van der Waals surface area contributed by atoms with E-state index >= 15 is 0 Å². The number of anilines is 2. The number of aromatic nitrogens is 1. The van der Waals surface area contributed by atoms with Crippen molar-refractivity contribution in [3.05, 3.63) is 60.3 Å². The Morgan fingerprint density at radius 1 is 1.00 bits per heavy atom. The first-order valence-electron chi connectivity index (χ1n) is 10.2. The highest BCUT2D eigenvalue weighted by Crippen LogP contribution is 2.22. The first-order chi connectivity index (χ1) is 13.8. The van der Waals surface area contributed by atoms with Gasteiger partial charge in [-0.1, -0.05) is 18.2 Å². The van der Waals surface area contributed by atoms with Crippen molar-refractivity contribution in [1.82, 2.24) is 10.3 Å². The molecule has 5 nitrogen and oxygen atoms in total. The lowest BCUT2D eigenvalue weighted by atomic mass is 10.1. The van der Waals surface area contributed by atoms with Gasteiger partial charge in [-0.2, -0.15) is 0 Å². The van der Waals surface area contributed by atoms with Crippen molar-refractivity contribution in [3.8, 4) is 0 Å². The largest absolute Gasteiger partial charge is 0.385 e. The van der Waals surface area contributed by atoms with Crippen LogP contribution in [0.3, 0.4) is 0 Å². The maximum atomic E-state index is 12.1. The molecule has 146 valence electrons. The van der Waals surface area contributed by atoms with E-state index in [2.05, 4.69) is 56.9 Å². The van der Waals surface area contributed by atoms with Gasteiger partial charge in [0.05, 0.1) is 0 Å². The Labute approximate surface area is 166 Å². The molecular weight excluding hydrogens is 348 g/mol. The fourth-order valence-corrected chi connectivity index (χ4v) is 3.85. The number of benzene rings is 2. The number of carbonyl (C=O) groups excluding carboxylic acids is 1. The molecule has 0 bridgehead atoms. The fraction of sp³-hybridized carbons (Fsp3) is 0.348. The maximum absolute atomic E-state index is 12.1. The quantitative estimate of drug-likeness (QED) is 0.558. The summed E-state index contributed by atoms with van der Waals surface area (Å²) in [7, 11) is 0. The third-order valence-corrected chi connectivity index (χ3v) is 5.41. The number of nitrogens with zero attached hydrogens (tertiary/aromatic N) is 1. The van der Waals surface area contributed by atoms with Crippen LogP contribution in [0, 0.1) is 0 Å². The van der Waals surface area contributed by atoms with E-state index in [4.69, 9.17) is 0 Å². The molecule has 2 aromatic carbocycles. The molecule has 1 fully saturated rings. The van der Waals surface area contributed by atoms with Crippen LogP contribution in [-0.2, 0) is 11.2 Å². The number of para-hydroxylation sites is 1. The van der Waals surface area contributed by atoms with Gasteiger partial charge < -0.3 is 20.5 Å². The Morgan fingerprint density at radius 3 is 2.61 bits per heavy atom. The standard InChI is InChI=1S/C23H28N4O/c28-23(25-13-11-18-17-26-22-6-2-1-5-21(18)22)12-14-24-19-7-9-20(10-8-19)27-15-3-4-16-27/h1-2,5-10,17,24,26H,3-4,11-16H2,(H,25,28). The summed E-state index contributed by atoms with van der Waals surface area (Å²) in [5.41, 5.74) is 4.74. The van der Waals surface area contributed by atoms with Gasteiger partial charge in [0.2, 0.25) is 5.91 Å². The van der Waals surface area contributed by atoms with Crippen molar-refractivity contribution in [2.75, 3.05) is 36.4 Å². The van der Waals surface area contributed by atoms with Crippen LogP contribution in [0.5, 0.6) is 0 Å². The zero-order valence-corrected chi connectivity index (χ0v) is 16.2. The van der Waals surface area contributed by atoms with E-state index in [1.807, 2.05) is 18.3 Å². The summed E-state index contributed by atoms with van der Waals surface area (Å²) in [6.07, 6.45) is 5.91. The molecule has 0 atom stereocenters. The van der Waals surface area contributed by atoms with E-state index in [1.54, 1.807) is 0 Å². The monoisotopic (exact) mass is 376 g/mol. The molecule has 2 heterocycles. The Bertz CT molecular complexity index is 910. The van der Waals surface area contributed by atoms with Crippen molar-refractivity contribution in [2.24, 2.45) is 0 Å². The van der Waals surface area contributed by atoms with Crippen LogP contribution in [0.4, 0.5) is 11.4 Å². The Hall–Kier alpha value is -2.95. The number of rotatable bonds is 8. The smallest absolute Gasteiger partial charge is 0.221 e. The molecule has 5 heteroatoms. The van der Waals surface area contributed by atoms with Crippen LogP contribution in [-0.4, -0.2) is 37.1 Å². The predicted molar refractivity (Wildman–Crippen MR) is 116 cm³/mol. The zero-order valence-electron chi connectivity index (χ0n) is 16.2. The molecule has 3 aromatic rings. The van der Waals surface area contributed by atoms with Crippen molar-refractivity contribution in [3.63, 3.8) is 0 Å². The SMILES string of the molecule is O=C(CCNc1ccc(N2CCCC2)cc1)NCCc1c[nH]c2ccccc12. The highest BCUT2D eigenvalue weighted by molar-refractivity contribution is 5.83. The number of aromatic amines is 1. The molecule has 1 saturated heterocycles. The summed E-state index contributed by atoms with van der Waals surface area (Å²) < 4.78 is 0. The summed E-state index contributed by atoms with van der Waals surface area (Å²) in [4.78, 5) is 17.8. The van der Waals surface area contributed by atoms with Crippen LogP contribution >= 0.6 is 0 Å². The molecule has 3 N–H and O–H groups in total. The Balaban J connectivity index is 1.16. The number of fused-ring (bicyclic) bond motifs is 1. The average Bonchev–Trinajstić information content (AvgIpc) is 3.39. The molecule has 4 rings (SSSR count). The summed E-state index contributed by atoms with van der Waals surface area (Å²) in [6.45, 7) is 3.62. The summed E-state index contributed by atoms with van der Waals surface area (Å²) >= 11 is 0. The minimum absolute atomic E-state index is 0.0843. The second kappa shape index (κ2) is 8.83. The minimum atomic E-state index is 0.0843. The number of carbonyl (C=O) groups is 1. The van der Waals surface area contributed by atoms with E-state index in [-0.39, 0.29) is 5.91 Å². The van der Waals surface area contributed by atoms with Gasteiger partial charge in [-0.3, -0.25) is 4.79 Å². The first-order valence-corrected chi connectivity index (χ1v) is 10.2. The highest BCUT2D eigenvalue weighted by Gasteiger charge is 2.11. The van der Waals surface area contributed by atoms with Crippen LogP contribution in [0.1, 0.15) is 24.8 Å². The summed E-state index contributed by atoms with van der Waals surface area (Å²) in [5.74, 6) is 0.0843. The predicted octanol–water partition coefficient (Wildman–Crippen LogP) is 3.93. The van der Waals surface area contributed by atoms with Crippen molar-refractivity contribution in [1.29, 1.82) is 0 Å². The highest BCUT2D eigenvalue weighted by atomic mass is 16.1. The summed E-state index contributed by atoms with van der Waals surface area (Å²) in [6, 6.07) is 16.8. The summed E-state index contributed by atoms with van der Waals surface area (Å²) in [5, 5.41) is 7.59. The van der Waals surface area contributed by atoms with Gasteiger partial charge in [-0.25, -0.2) is 0 Å². The van der Waals surface area contributed by atoms with Gasteiger partial charge in [0.15, 0.2) is 0 Å². The molecule has 0 aliphatic carbocycles. The number of H-pyrrole nitrogens is 1. The molecule has 0 radical (unpaired) electrons. The lowest BCUT2D eigenvalue weighted by Gasteiger charge is -2.18. The van der Waals surface area contributed by atoms with Gasteiger partial charge in [-0.05, 0) is 55.2 Å². The molecule has 0 spiro atoms. The van der Waals surface area contributed by atoms with E-state index in [0.717, 1.165) is 30.7 Å². The zero-order chi connectivity index (χ0) is 19.2. The van der Waals surface area contributed by atoms with E-state index < -0.39 is 0 Å². The van der Waals surface area contributed by atoms with Gasteiger partial charge in [0, 0.05) is 61.1 Å². The van der Waals surface area contributed by atoms with Crippen LogP contribution in [0.15, 0.2) is 54.7 Å². The van der Waals surface area contributed by atoms with Gasteiger partial charge >= 0.3 is 0 Å². The van der Waals surface area contributed by atoms with Gasteiger partial charge in [0.25, 0.3) is 0 Å². The normalized spacial score (nSPS) is 13.8. The topological polar surface area (TPSA) is 60.2 Å². The molecule has 1 aliphatic heterocycles. The van der Waals surface area contributed by atoms with E-state index in [9.17, 15) is 4.79 Å². The molecule has 1 aromatic heterocycles. The molecule has 0 unspecified atom stereocenters. The second-order valence-electron chi connectivity index (χ2n) is 7.38. The molecule has 0 saturated carbocycles. The van der Waals surface area contributed by atoms with Gasteiger partial charge in [-0.15, -0.1) is 0 Å². The lowest BCUT2D eigenvalue weighted by Crippen LogP contribution is -2.27. The fourth-order valence-electron chi connectivity index (χ4n) is 3.85. The number of nitrogens with one attached hydrogen (secondary N) is 3. The minimum Gasteiger partial charge on any atom is -0.385 e. The van der Waals surface area contributed by atoms with Crippen molar-refractivity contribution in [2.45, 2.75) is 25.7 Å². The van der Waals surface area contributed by atoms with Crippen molar-refractivity contribution >= 4 is 28.2 Å². The molecular formula is C23H28N4O. The second-order valence-corrected chi connectivity index (χ2v) is 7.38. The third kappa shape index (κ3) is 4.47. The van der Waals surface area contributed by atoms with E-state index in [0.29, 0.717) is 19.5 Å². The molecule has 28 heavy (non-hydrogen) atoms. The molecule has 1 aliphatic rings. The first kappa shape index (κ1) is 18.4. The third-order valence-electron chi connectivity index (χ3n) is 5.41. The Morgan fingerprint density at radius 2 is 1.79 bits per heavy atom. The number of amides is 1. The lowest BCUT2D eigenvalue weighted by molar-refractivity contribution is -0.120. The molecule has 1 amide bonds. The number of hydrogen-bond donors (Lipinski definition) is 3. The number of hydrogen-bond acceptors (Lipinski definition) is 3. The van der Waals surface area contributed by atoms with Crippen LogP contribution in [0.2, 0.25) is 0 Å². The Kier molecular flexibility index (Phi) is 5.80. The average molecular weight is 377 g/mol. The van der Waals surface area contributed by atoms with Crippen molar-refractivity contribution < 1.29 is 4.79 Å². The van der Waals surface area contributed by atoms with Gasteiger partial charge in [0.1, 0.15) is 0 Å².